The average Bonchev–Trinajstić information content (AvgIpc) is 3.95. The Morgan fingerprint density at radius 2 is 1.54 bits per heavy atom. The van der Waals surface area contributed by atoms with Crippen molar-refractivity contribution in [3.63, 3.8) is 0 Å². The van der Waals surface area contributed by atoms with E-state index in [1.54, 1.807) is 0 Å². The molecule has 6 rings (SSSR count). The van der Waals surface area contributed by atoms with Gasteiger partial charge in [-0.25, -0.2) is 19.6 Å². The van der Waals surface area contributed by atoms with E-state index in [2.05, 4.69) is 48.6 Å². The fourth-order valence-electron chi connectivity index (χ4n) is 7.11. The molecule has 14 heteroatoms. The van der Waals surface area contributed by atoms with Crippen LogP contribution in [0.15, 0.2) is 48.5 Å². The third kappa shape index (κ3) is 9.05. The minimum absolute atomic E-state index is 0.0746. The molecule has 14 nitrogen and oxygen atoms in total. The van der Waals surface area contributed by atoms with Gasteiger partial charge in [0, 0.05) is 36.0 Å². The Bertz CT molecular complexity index is 2300. The molecule has 294 valence electrons. The predicted octanol–water partition coefficient (Wildman–Crippen LogP) is 5.86. The number of alkyl carbamates (subject to hydrolysis) is 2. The Balaban J connectivity index is 1.09. The number of ether oxygens (including phenoxy) is 2. The van der Waals surface area contributed by atoms with Crippen LogP contribution in [0.4, 0.5) is 9.59 Å². The van der Waals surface area contributed by atoms with Gasteiger partial charge in [-0.1, -0.05) is 51.7 Å². The number of carbonyl (C=O) groups excluding carboxylic acids is 4. The van der Waals surface area contributed by atoms with Crippen LogP contribution in [0.5, 0.6) is 0 Å². The molecule has 5 aromatic rings. The zero-order valence-corrected chi connectivity index (χ0v) is 32.7. The van der Waals surface area contributed by atoms with Crippen LogP contribution in [0, 0.1) is 23.7 Å². The monoisotopic (exact) mass is 762 g/mol. The first-order valence-corrected chi connectivity index (χ1v) is 19.2. The number of fused-ring (bicyclic) bond motifs is 4. The minimum Gasteiger partial charge on any atom is -0.453 e. The number of H-pyrrole nitrogens is 2. The van der Waals surface area contributed by atoms with E-state index in [0.29, 0.717) is 13.1 Å². The molecule has 0 radical (unpaired) electrons. The summed E-state index contributed by atoms with van der Waals surface area (Å²) in [5, 5.41) is 10.2. The number of rotatable bonds is 12. The lowest BCUT2D eigenvalue weighted by Gasteiger charge is -2.29. The molecule has 0 bridgehead atoms. The number of unbranched alkanes of at least 4 members (excludes halogenated alkanes) is 1. The van der Waals surface area contributed by atoms with Gasteiger partial charge < -0.3 is 40.3 Å². The SMILES string of the molecule is COC(=O)NC(C(=O)N1CCCC1c1nc2c(ccc3cc(C#Cc4ccc5nc(CCCCNC(=O)[C@@H](NC(=O)OC)C(C)C)[nH]c5c4)ccc32)[nH]1)C(C)C. The molecule has 3 aromatic carbocycles. The van der Waals surface area contributed by atoms with Crippen molar-refractivity contribution in [2.24, 2.45) is 11.8 Å². The Kier molecular flexibility index (Phi) is 12.4. The lowest BCUT2D eigenvalue weighted by Crippen LogP contribution is -2.51. The molecule has 2 aromatic heterocycles. The van der Waals surface area contributed by atoms with Crippen molar-refractivity contribution < 1.29 is 28.7 Å². The molecule has 0 aliphatic carbocycles. The summed E-state index contributed by atoms with van der Waals surface area (Å²) < 4.78 is 9.40. The molecule has 0 saturated carbocycles. The van der Waals surface area contributed by atoms with Crippen LogP contribution < -0.4 is 16.0 Å². The molecular weight excluding hydrogens is 713 g/mol. The number of hydrogen-bond acceptors (Lipinski definition) is 8. The quantitative estimate of drug-likeness (QED) is 0.0774. The molecule has 4 amide bonds. The topological polar surface area (TPSA) is 183 Å². The Morgan fingerprint density at radius 3 is 2.25 bits per heavy atom. The van der Waals surface area contributed by atoms with E-state index in [0.717, 1.165) is 87.7 Å². The van der Waals surface area contributed by atoms with Crippen LogP contribution in [-0.4, -0.2) is 88.2 Å². The van der Waals surface area contributed by atoms with Gasteiger partial charge >= 0.3 is 12.2 Å². The number of benzene rings is 3. The third-order valence-corrected chi connectivity index (χ3v) is 10.2. The highest BCUT2D eigenvalue weighted by molar-refractivity contribution is 6.04. The molecule has 5 N–H and O–H groups in total. The molecule has 3 atom stereocenters. The number of likely N-dealkylation sites (tertiary alicyclic amines) is 1. The van der Waals surface area contributed by atoms with Crippen LogP contribution >= 0.6 is 0 Å². The number of amides is 4. The Labute approximate surface area is 325 Å². The summed E-state index contributed by atoms with van der Waals surface area (Å²) in [5.41, 5.74) is 5.23. The highest BCUT2D eigenvalue weighted by atomic mass is 16.5. The highest BCUT2D eigenvalue weighted by Crippen LogP contribution is 2.34. The van der Waals surface area contributed by atoms with Gasteiger partial charge in [0.25, 0.3) is 0 Å². The summed E-state index contributed by atoms with van der Waals surface area (Å²) in [4.78, 5) is 68.2. The number of aromatic amines is 2. The van der Waals surface area contributed by atoms with Crippen molar-refractivity contribution in [2.75, 3.05) is 27.3 Å². The fraction of sp³-hybridized carbons (Fsp3) is 0.429. The van der Waals surface area contributed by atoms with E-state index in [4.69, 9.17) is 14.7 Å². The van der Waals surface area contributed by atoms with Gasteiger partial charge in [0.05, 0.1) is 42.3 Å². The second kappa shape index (κ2) is 17.6. The molecular formula is C42H50N8O6. The van der Waals surface area contributed by atoms with Crippen molar-refractivity contribution in [1.82, 2.24) is 40.8 Å². The van der Waals surface area contributed by atoms with E-state index in [1.807, 2.05) is 75.1 Å². The van der Waals surface area contributed by atoms with Crippen molar-refractivity contribution in [2.45, 2.75) is 77.9 Å². The minimum atomic E-state index is -0.695. The fourth-order valence-corrected chi connectivity index (χ4v) is 7.11. The van der Waals surface area contributed by atoms with E-state index in [9.17, 15) is 19.2 Å². The van der Waals surface area contributed by atoms with E-state index >= 15 is 0 Å². The number of hydrogen-bond donors (Lipinski definition) is 5. The number of nitrogens with one attached hydrogen (secondary N) is 5. The molecule has 1 fully saturated rings. The first-order chi connectivity index (χ1) is 26.9. The van der Waals surface area contributed by atoms with Gasteiger partial charge in [-0.3, -0.25) is 9.59 Å². The molecule has 2 unspecified atom stereocenters. The maximum absolute atomic E-state index is 13.6. The van der Waals surface area contributed by atoms with Gasteiger partial charge in [-0.05, 0) is 79.3 Å². The van der Waals surface area contributed by atoms with Gasteiger partial charge in [0.2, 0.25) is 11.8 Å². The van der Waals surface area contributed by atoms with Crippen molar-refractivity contribution in [1.29, 1.82) is 0 Å². The molecule has 3 heterocycles. The smallest absolute Gasteiger partial charge is 0.407 e. The largest absolute Gasteiger partial charge is 0.453 e. The maximum atomic E-state index is 13.6. The molecule has 0 spiro atoms. The number of aryl methyl sites for hydroxylation is 1. The van der Waals surface area contributed by atoms with Crippen molar-refractivity contribution in [3.8, 4) is 11.8 Å². The number of aromatic nitrogens is 4. The third-order valence-electron chi connectivity index (χ3n) is 10.2. The van der Waals surface area contributed by atoms with Crippen LogP contribution in [-0.2, 0) is 25.5 Å². The summed E-state index contributed by atoms with van der Waals surface area (Å²) in [5.74, 6) is 7.64. The summed E-state index contributed by atoms with van der Waals surface area (Å²) in [6.45, 7) is 8.62. The van der Waals surface area contributed by atoms with Gasteiger partial charge in [-0.2, -0.15) is 0 Å². The summed E-state index contributed by atoms with van der Waals surface area (Å²) in [7, 11) is 2.56. The molecule has 1 aliphatic heterocycles. The van der Waals surface area contributed by atoms with Gasteiger partial charge in [0.1, 0.15) is 23.7 Å². The average molecular weight is 763 g/mol. The summed E-state index contributed by atoms with van der Waals surface area (Å²) >= 11 is 0. The van der Waals surface area contributed by atoms with Crippen LogP contribution in [0.1, 0.15) is 82.2 Å². The lowest BCUT2D eigenvalue weighted by atomic mass is 10.0. The Hall–Kier alpha value is -6.10. The van der Waals surface area contributed by atoms with Gasteiger partial charge in [-0.15, -0.1) is 0 Å². The molecule has 56 heavy (non-hydrogen) atoms. The summed E-state index contributed by atoms with van der Waals surface area (Å²) in [6.07, 6.45) is 2.68. The van der Waals surface area contributed by atoms with E-state index in [-0.39, 0.29) is 29.7 Å². The number of methoxy groups -OCH3 is 2. The van der Waals surface area contributed by atoms with Crippen molar-refractivity contribution in [3.05, 3.63) is 71.3 Å². The van der Waals surface area contributed by atoms with E-state index in [1.165, 1.54) is 14.2 Å². The lowest BCUT2D eigenvalue weighted by molar-refractivity contribution is -0.135. The predicted molar refractivity (Wildman–Crippen MR) is 214 cm³/mol. The number of imidazole rings is 2. The number of carbonyl (C=O) groups is 4. The highest BCUT2D eigenvalue weighted by Gasteiger charge is 2.37. The van der Waals surface area contributed by atoms with Gasteiger partial charge in [0.15, 0.2) is 0 Å². The zero-order chi connectivity index (χ0) is 39.9. The zero-order valence-electron chi connectivity index (χ0n) is 32.7. The second-order valence-corrected chi connectivity index (χ2v) is 14.8. The Morgan fingerprint density at radius 1 is 0.839 bits per heavy atom. The molecule has 1 saturated heterocycles. The standard InChI is InChI=1S/C42H50N8O6/c1-24(2)35(48-41(53)55-5)39(51)43-20-8-7-11-34-44-30-18-15-27(23-32(30)45-34)13-12-26-14-17-29-28(22-26)16-19-31-37(29)47-38(46-31)33-10-9-21-50(33)40(52)36(25(3)4)49-42(54)56-6/h14-19,22-25,33,35-36H,7-11,20-21H2,1-6H3,(H,43,51)(H,44,45)(H,46,47)(H,48,53)(H,49,54)/t33?,35-,36?/m0/s1. The second-order valence-electron chi connectivity index (χ2n) is 14.8. The van der Waals surface area contributed by atoms with E-state index < -0.39 is 24.3 Å². The molecule has 1 aliphatic rings. The van der Waals surface area contributed by atoms with Crippen LogP contribution in [0.3, 0.4) is 0 Å². The number of nitrogens with zero attached hydrogens (tertiary/aromatic N) is 3. The first-order valence-electron chi connectivity index (χ1n) is 19.2. The van der Waals surface area contributed by atoms with Crippen molar-refractivity contribution >= 4 is 56.8 Å². The van der Waals surface area contributed by atoms with Crippen LogP contribution in [0.25, 0.3) is 32.8 Å². The normalized spacial score (nSPS) is 15.1. The van der Waals surface area contributed by atoms with Crippen LogP contribution in [0.2, 0.25) is 0 Å². The summed E-state index contributed by atoms with van der Waals surface area (Å²) in [6, 6.07) is 14.5. The first kappa shape index (κ1) is 39.6. The maximum Gasteiger partial charge on any atom is 0.407 e.